The van der Waals surface area contributed by atoms with E-state index in [2.05, 4.69) is 0 Å². The number of aryl methyl sites for hydroxylation is 1. The van der Waals surface area contributed by atoms with Crippen LogP contribution in [0.2, 0.25) is 0 Å². The Morgan fingerprint density at radius 2 is 1.88 bits per heavy atom. The van der Waals surface area contributed by atoms with E-state index in [1.165, 1.54) is 6.07 Å². The van der Waals surface area contributed by atoms with Crippen LogP contribution >= 0.6 is 0 Å². The molecule has 1 aromatic carbocycles. The van der Waals surface area contributed by atoms with Crippen LogP contribution in [0.25, 0.3) is 0 Å². The molecule has 2 rings (SSSR count). The third-order valence-corrected chi connectivity index (χ3v) is 3.13. The van der Waals surface area contributed by atoms with Crippen molar-refractivity contribution in [2.45, 2.75) is 25.4 Å². The quantitative estimate of drug-likeness (QED) is 0.571. The molecule has 1 unspecified atom stereocenters. The van der Waals surface area contributed by atoms with Gasteiger partial charge in [0.05, 0.1) is 0 Å². The van der Waals surface area contributed by atoms with Gasteiger partial charge in [0.25, 0.3) is 0 Å². The molecule has 0 heterocycles. The molecule has 1 atom stereocenters. The Hall–Kier alpha value is -1.81. The molecular weight excluding hydrogens is 220 g/mol. The smallest absolute Gasteiger partial charge is 0.244 e. The summed E-state index contributed by atoms with van der Waals surface area (Å²) in [7, 11) is 0. The zero-order valence-corrected chi connectivity index (χ0v) is 9.40. The first-order valence-electron chi connectivity index (χ1n) is 5.37. The average molecular weight is 232 g/mol. The summed E-state index contributed by atoms with van der Waals surface area (Å²) in [5.74, 6) is -2.33. The minimum Gasteiger partial charge on any atom is -0.369 e. The van der Waals surface area contributed by atoms with E-state index in [1.54, 1.807) is 18.2 Å². The number of aliphatic hydroxyl groups is 1. The first-order valence-corrected chi connectivity index (χ1v) is 5.37. The van der Waals surface area contributed by atoms with Gasteiger partial charge in [0.1, 0.15) is 0 Å². The fourth-order valence-corrected chi connectivity index (χ4v) is 2.07. The van der Waals surface area contributed by atoms with Crippen molar-refractivity contribution < 1.29 is 19.5 Å². The van der Waals surface area contributed by atoms with Gasteiger partial charge < -0.3 is 5.11 Å². The van der Waals surface area contributed by atoms with Crippen molar-refractivity contribution in [1.29, 1.82) is 0 Å². The molecule has 1 aliphatic carbocycles. The van der Waals surface area contributed by atoms with Crippen molar-refractivity contribution >= 4 is 17.3 Å². The Morgan fingerprint density at radius 1 is 1.24 bits per heavy atom. The molecule has 0 aromatic heterocycles. The lowest BCUT2D eigenvalue weighted by Gasteiger charge is -2.20. The molecule has 1 N–H and O–H groups in total. The zero-order chi connectivity index (χ0) is 12.6. The highest BCUT2D eigenvalue weighted by atomic mass is 16.3. The van der Waals surface area contributed by atoms with Crippen molar-refractivity contribution in [2.75, 3.05) is 0 Å². The summed E-state index contributed by atoms with van der Waals surface area (Å²) in [6, 6.07) is 6.67. The van der Waals surface area contributed by atoms with Crippen LogP contribution in [0, 0.1) is 0 Å². The molecule has 0 fully saturated rings. The molecule has 4 nitrogen and oxygen atoms in total. The number of carbonyl (C=O) groups is 3. The molecule has 0 spiro atoms. The number of hydrogen-bond acceptors (Lipinski definition) is 4. The van der Waals surface area contributed by atoms with Gasteiger partial charge in [-0.3, -0.25) is 14.4 Å². The topological polar surface area (TPSA) is 71.4 Å². The highest BCUT2D eigenvalue weighted by molar-refractivity contribution is 6.32. The number of ketones is 3. The molecular formula is C13H12O4. The van der Waals surface area contributed by atoms with E-state index < -0.39 is 23.0 Å². The highest BCUT2D eigenvalue weighted by Crippen LogP contribution is 2.26. The number of rotatable bonds is 1. The van der Waals surface area contributed by atoms with Crippen molar-refractivity contribution in [3.63, 3.8) is 0 Å². The average Bonchev–Trinajstić information content (AvgIpc) is 2.42. The second kappa shape index (κ2) is 3.89. The van der Waals surface area contributed by atoms with Gasteiger partial charge >= 0.3 is 0 Å². The molecule has 0 amide bonds. The lowest BCUT2D eigenvalue weighted by Crippen LogP contribution is -2.51. The van der Waals surface area contributed by atoms with Crippen LogP contribution in [0.3, 0.4) is 0 Å². The van der Waals surface area contributed by atoms with Crippen molar-refractivity contribution in [1.82, 2.24) is 0 Å². The minimum atomic E-state index is -2.49. The zero-order valence-electron chi connectivity index (χ0n) is 9.40. The van der Waals surface area contributed by atoms with Crippen LogP contribution < -0.4 is 0 Å². The monoisotopic (exact) mass is 232 g/mol. The molecule has 0 aliphatic heterocycles. The van der Waals surface area contributed by atoms with E-state index in [-0.39, 0.29) is 12.0 Å². The third-order valence-electron chi connectivity index (χ3n) is 3.13. The maximum atomic E-state index is 12.1. The van der Waals surface area contributed by atoms with Gasteiger partial charge in [-0.1, -0.05) is 24.3 Å². The van der Waals surface area contributed by atoms with Crippen LogP contribution in [-0.2, 0) is 16.0 Å². The predicted molar refractivity (Wildman–Crippen MR) is 59.7 cm³/mol. The van der Waals surface area contributed by atoms with Crippen molar-refractivity contribution in [3.05, 3.63) is 35.4 Å². The summed E-state index contributed by atoms with van der Waals surface area (Å²) in [6.07, 6.45) is 0.370. The van der Waals surface area contributed by atoms with Crippen LogP contribution in [0.15, 0.2) is 24.3 Å². The third kappa shape index (κ3) is 1.61. The van der Waals surface area contributed by atoms with Gasteiger partial charge in [-0.05, 0) is 18.9 Å². The molecule has 0 saturated heterocycles. The van der Waals surface area contributed by atoms with Crippen molar-refractivity contribution in [2.24, 2.45) is 0 Å². The molecule has 0 saturated carbocycles. The fraction of sp³-hybridized carbons (Fsp3) is 0.308. The second-order valence-corrected chi connectivity index (χ2v) is 4.18. The summed E-state index contributed by atoms with van der Waals surface area (Å²) < 4.78 is 0. The second-order valence-electron chi connectivity index (χ2n) is 4.18. The van der Waals surface area contributed by atoms with E-state index in [4.69, 9.17) is 0 Å². The van der Waals surface area contributed by atoms with Crippen LogP contribution in [0.5, 0.6) is 0 Å². The van der Waals surface area contributed by atoms with E-state index >= 15 is 0 Å². The van der Waals surface area contributed by atoms with E-state index in [0.29, 0.717) is 12.0 Å². The molecule has 0 bridgehead atoms. The van der Waals surface area contributed by atoms with Gasteiger partial charge in [-0.2, -0.15) is 0 Å². The summed E-state index contributed by atoms with van der Waals surface area (Å²) >= 11 is 0. The molecule has 4 heteroatoms. The standard InChI is InChI=1S/C13H12O4/c1-8(14)13(17)11(15)7-6-9-4-2-3-5-10(9)12(13)16/h2-5,17H,6-7H2,1H3. The van der Waals surface area contributed by atoms with Crippen molar-refractivity contribution in [3.8, 4) is 0 Å². The van der Waals surface area contributed by atoms with Gasteiger partial charge in [0, 0.05) is 12.0 Å². The Kier molecular flexibility index (Phi) is 2.67. The summed E-state index contributed by atoms with van der Waals surface area (Å²) in [6.45, 7) is 1.06. The maximum Gasteiger partial charge on any atom is 0.244 e. The number of hydrogen-bond donors (Lipinski definition) is 1. The van der Waals surface area contributed by atoms with E-state index in [9.17, 15) is 19.5 Å². The molecule has 17 heavy (non-hydrogen) atoms. The Bertz CT molecular complexity index is 518. The SMILES string of the molecule is CC(=O)C1(O)C(=O)CCc2ccccc2C1=O. The minimum absolute atomic E-state index is 0.00116. The van der Waals surface area contributed by atoms with E-state index in [1.807, 2.05) is 0 Å². The Labute approximate surface area is 98.3 Å². The largest absolute Gasteiger partial charge is 0.369 e. The number of benzene rings is 1. The van der Waals surface area contributed by atoms with Crippen LogP contribution in [-0.4, -0.2) is 28.1 Å². The molecule has 1 aliphatic rings. The summed E-state index contributed by atoms with van der Waals surface area (Å²) in [5.41, 5.74) is -1.54. The number of Topliss-reactive ketones (excluding diaryl/α,β-unsaturated/α-hetero) is 3. The molecule has 1 aromatic rings. The normalized spacial score (nSPS) is 24.1. The lowest BCUT2D eigenvalue weighted by molar-refractivity contribution is -0.144. The fourth-order valence-electron chi connectivity index (χ4n) is 2.07. The van der Waals surface area contributed by atoms with Gasteiger partial charge in [-0.25, -0.2) is 0 Å². The molecule has 0 radical (unpaired) electrons. The first kappa shape index (κ1) is 11.7. The number of fused-ring (bicyclic) bond motifs is 1. The first-order chi connectivity index (χ1) is 7.98. The van der Waals surface area contributed by atoms with Crippen LogP contribution in [0.1, 0.15) is 29.3 Å². The molecule has 88 valence electrons. The Balaban J connectivity index is 2.63. The summed E-state index contributed by atoms with van der Waals surface area (Å²) in [5, 5.41) is 10.1. The van der Waals surface area contributed by atoms with Gasteiger partial charge in [-0.15, -0.1) is 0 Å². The van der Waals surface area contributed by atoms with Gasteiger partial charge in [0.15, 0.2) is 11.6 Å². The van der Waals surface area contributed by atoms with E-state index in [0.717, 1.165) is 6.92 Å². The number of carbonyl (C=O) groups excluding carboxylic acids is 3. The highest BCUT2D eigenvalue weighted by Gasteiger charge is 2.49. The summed E-state index contributed by atoms with van der Waals surface area (Å²) in [4.78, 5) is 35.3. The maximum absolute atomic E-state index is 12.1. The predicted octanol–water partition coefficient (Wildman–Crippen LogP) is 0.705. The van der Waals surface area contributed by atoms with Gasteiger partial charge in [0.2, 0.25) is 11.4 Å². The Morgan fingerprint density at radius 3 is 2.53 bits per heavy atom. The van der Waals surface area contributed by atoms with Crippen LogP contribution in [0.4, 0.5) is 0 Å². The lowest BCUT2D eigenvalue weighted by atomic mass is 9.86.